The molecule has 0 amide bonds. The molecule has 0 spiro atoms. The minimum Gasteiger partial charge on any atom is -0.325 e. The van der Waals surface area contributed by atoms with Crippen molar-refractivity contribution in [3.8, 4) is 0 Å². The topological polar surface area (TPSA) is 60.0 Å². The van der Waals surface area contributed by atoms with Crippen molar-refractivity contribution in [3.63, 3.8) is 0 Å². The van der Waals surface area contributed by atoms with E-state index in [0.29, 0.717) is 25.5 Å². The average Bonchev–Trinajstić information content (AvgIpc) is 2.69. The van der Waals surface area contributed by atoms with Gasteiger partial charge in [0.25, 0.3) is 0 Å². The molecule has 5 nitrogen and oxygen atoms in total. The highest BCUT2D eigenvalue weighted by atomic mass is 19.4. The van der Waals surface area contributed by atoms with Gasteiger partial charge in [-0.2, -0.15) is 13.2 Å². The van der Waals surface area contributed by atoms with Crippen molar-refractivity contribution >= 4 is 0 Å². The van der Waals surface area contributed by atoms with Crippen LogP contribution in [-0.2, 0) is 19.3 Å². The molecule has 0 fully saturated rings. The molecule has 120 valence electrons. The van der Waals surface area contributed by atoms with Crippen LogP contribution < -0.4 is 5.73 Å². The second kappa shape index (κ2) is 4.95. The van der Waals surface area contributed by atoms with Crippen molar-refractivity contribution in [2.75, 3.05) is 13.1 Å². The first-order chi connectivity index (χ1) is 9.42. The number of hydrogen-bond acceptors (Lipinski definition) is 4. The molecule has 0 atom stereocenters. The van der Waals surface area contributed by atoms with Gasteiger partial charge in [0.1, 0.15) is 5.82 Å². The van der Waals surface area contributed by atoms with E-state index in [0.717, 1.165) is 4.57 Å². The molecule has 0 unspecified atom stereocenters. The standard InChI is InChI=1S/C13H22F3N5/c1-11(2,12(3,4)17)8-20-5-6-21-9(7-20)18-19-10(21)13(14,15)16/h5-8,17H2,1-4H3. The number of alkyl halides is 3. The summed E-state index contributed by atoms with van der Waals surface area (Å²) in [6, 6.07) is 0. The van der Waals surface area contributed by atoms with Gasteiger partial charge in [-0.05, 0) is 19.3 Å². The highest BCUT2D eigenvalue weighted by Crippen LogP contribution is 2.32. The Labute approximate surface area is 122 Å². The summed E-state index contributed by atoms with van der Waals surface area (Å²) in [6.45, 7) is 9.89. The van der Waals surface area contributed by atoms with Gasteiger partial charge in [-0.25, -0.2) is 0 Å². The molecule has 0 radical (unpaired) electrons. The number of halogens is 3. The Bertz CT molecular complexity index is 513. The van der Waals surface area contributed by atoms with Crippen molar-refractivity contribution < 1.29 is 13.2 Å². The van der Waals surface area contributed by atoms with Gasteiger partial charge >= 0.3 is 6.18 Å². The number of fused-ring (bicyclic) bond motifs is 1. The number of aromatic nitrogens is 3. The van der Waals surface area contributed by atoms with Crippen LogP contribution in [0, 0.1) is 5.41 Å². The number of rotatable bonds is 3. The predicted octanol–water partition coefficient (Wildman–Crippen LogP) is 1.88. The molecule has 2 heterocycles. The minimum absolute atomic E-state index is 0.165. The zero-order valence-electron chi connectivity index (χ0n) is 12.8. The molecule has 1 aliphatic heterocycles. The number of nitrogens with zero attached hydrogens (tertiary/aromatic N) is 4. The zero-order chi connectivity index (χ0) is 16.1. The van der Waals surface area contributed by atoms with Crippen LogP contribution in [0.1, 0.15) is 39.3 Å². The summed E-state index contributed by atoms with van der Waals surface area (Å²) < 4.78 is 39.5. The molecule has 1 aliphatic rings. The zero-order valence-corrected chi connectivity index (χ0v) is 12.8. The maximum Gasteiger partial charge on any atom is 0.451 e. The molecule has 8 heteroatoms. The fourth-order valence-electron chi connectivity index (χ4n) is 2.32. The van der Waals surface area contributed by atoms with Crippen molar-refractivity contribution in [1.29, 1.82) is 0 Å². The van der Waals surface area contributed by atoms with Gasteiger partial charge in [-0.1, -0.05) is 13.8 Å². The SMILES string of the molecule is CC(C)(N)C(C)(C)CN1CCn2c(nnc2C(F)(F)F)C1. The van der Waals surface area contributed by atoms with E-state index in [1.807, 2.05) is 13.8 Å². The van der Waals surface area contributed by atoms with Crippen molar-refractivity contribution in [2.24, 2.45) is 11.1 Å². The molecule has 1 aromatic heterocycles. The van der Waals surface area contributed by atoms with Crippen LogP contribution in [0.3, 0.4) is 0 Å². The Morgan fingerprint density at radius 1 is 1.10 bits per heavy atom. The summed E-state index contributed by atoms with van der Waals surface area (Å²) in [5.41, 5.74) is 5.63. The summed E-state index contributed by atoms with van der Waals surface area (Å²) in [6.07, 6.45) is -4.45. The highest BCUT2D eigenvalue weighted by molar-refractivity contribution is 5.03. The van der Waals surface area contributed by atoms with E-state index in [-0.39, 0.29) is 17.5 Å². The normalized spacial score (nSPS) is 17.9. The molecule has 0 aliphatic carbocycles. The minimum atomic E-state index is -4.45. The second-order valence-electron chi connectivity index (χ2n) is 6.91. The third-order valence-electron chi connectivity index (χ3n) is 4.45. The third-order valence-corrected chi connectivity index (χ3v) is 4.45. The Kier molecular flexibility index (Phi) is 3.82. The van der Waals surface area contributed by atoms with Gasteiger partial charge in [0.05, 0.1) is 6.54 Å². The van der Waals surface area contributed by atoms with Crippen molar-refractivity contribution in [2.45, 2.75) is 52.5 Å². The molecule has 2 N–H and O–H groups in total. The van der Waals surface area contributed by atoms with E-state index in [1.54, 1.807) is 0 Å². The molecular weight excluding hydrogens is 283 g/mol. The predicted molar refractivity (Wildman–Crippen MR) is 72.3 cm³/mol. The fraction of sp³-hybridized carbons (Fsp3) is 0.846. The molecule has 21 heavy (non-hydrogen) atoms. The van der Waals surface area contributed by atoms with Crippen molar-refractivity contribution in [3.05, 3.63) is 11.6 Å². The van der Waals surface area contributed by atoms with E-state index in [9.17, 15) is 13.2 Å². The molecule has 1 aromatic rings. The Balaban J connectivity index is 2.13. The van der Waals surface area contributed by atoms with Crippen LogP contribution in [0.25, 0.3) is 0 Å². The van der Waals surface area contributed by atoms with E-state index >= 15 is 0 Å². The maximum atomic E-state index is 12.8. The molecule has 0 bridgehead atoms. The Hall–Kier alpha value is -1.15. The molecule has 0 aromatic carbocycles. The van der Waals surface area contributed by atoms with E-state index in [4.69, 9.17) is 5.73 Å². The molecular formula is C13H22F3N5. The largest absolute Gasteiger partial charge is 0.451 e. The monoisotopic (exact) mass is 305 g/mol. The van der Waals surface area contributed by atoms with Gasteiger partial charge in [-0.15, -0.1) is 10.2 Å². The first-order valence-corrected chi connectivity index (χ1v) is 6.92. The lowest BCUT2D eigenvalue weighted by Gasteiger charge is -2.43. The lowest BCUT2D eigenvalue weighted by atomic mass is 9.75. The van der Waals surface area contributed by atoms with Crippen LogP contribution in [0.2, 0.25) is 0 Å². The van der Waals surface area contributed by atoms with Gasteiger partial charge in [-0.3, -0.25) is 4.90 Å². The van der Waals surface area contributed by atoms with Crippen LogP contribution in [-0.4, -0.2) is 38.3 Å². The molecule has 2 rings (SSSR count). The Morgan fingerprint density at radius 3 is 2.24 bits per heavy atom. The van der Waals surface area contributed by atoms with Gasteiger partial charge < -0.3 is 10.3 Å². The van der Waals surface area contributed by atoms with Gasteiger partial charge in [0.15, 0.2) is 0 Å². The average molecular weight is 305 g/mol. The fourth-order valence-corrected chi connectivity index (χ4v) is 2.32. The van der Waals surface area contributed by atoms with E-state index < -0.39 is 12.0 Å². The second-order valence-corrected chi connectivity index (χ2v) is 6.91. The van der Waals surface area contributed by atoms with Gasteiger partial charge in [0, 0.05) is 25.2 Å². The van der Waals surface area contributed by atoms with Crippen LogP contribution in [0.5, 0.6) is 0 Å². The number of nitrogens with two attached hydrogens (primary N) is 1. The summed E-state index contributed by atoms with van der Waals surface area (Å²) in [5, 5.41) is 6.97. The highest BCUT2D eigenvalue weighted by Gasteiger charge is 2.41. The summed E-state index contributed by atoms with van der Waals surface area (Å²) in [4.78, 5) is 2.08. The lowest BCUT2D eigenvalue weighted by molar-refractivity contribution is -0.148. The van der Waals surface area contributed by atoms with Crippen molar-refractivity contribution in [1.82, 2.24) is 19.7 Å². The summed E-state index contributed by atoms with van der Waals surface area (Å²) in [7, 11) is 0. The van der Waals surface area contributed by atoms with Crippen LogP contribution in [0.15, 0.2) is 0 Å². The van der Waals surface area contributed by atoms with Gasteiger partial charge in [0.2, 0.25) is 5.82 Å². The lowest BCUT2D eigenvalue weighted by Crippen LogP contribution is -2.54. The Morgan fingerprint density at radius 2 is 1.71 bits per heavy atom. The first kappa shape index (κ1) is 16.2. The van der Waals surface area contributed by atoms with Crippen LogP contribution in [0.4, 0.5) is 13.2 Å². The maximum absolute atomic E-state index is 12.8. The quantitative estimate of drug-likeness (QED) is 0.926. The molecule has 0 saturated heterocycles. The third kappa shape index (κ3) is 3.21. The first-order valence-electron chi connectivity index (χ1n) is 6.92. The smallest absolute Gasteiger partial charge is 0.325 e. The van der Waals surface area contributed by atoms with Crippen LogP contribution >= 0.6 is 0 Å². The molecule has 0 saturated carbocycles. The summed E-state index contributed by atoms with van der Waals surface area (Å²) >= 11 is 0. The number of hydrogen-bond donors (Lipinski definition) is 1. The van der Waals surface area contributed by atoms with E-state index in [2.05, 4.69) is 28.9 Å². The van der Waals surface area contributed by atoms with E-state index in [1.165, 1.54) is 0 Å². The summed E-state index contributed by atoms with van der Waals surface area (Å²) in [5.74, 6) is -0.547.